The Kier molecular flexibility index (Phi) is 2.52. The first kappa shape index (κ1) is 7.83. The molecule has 1 unspecified atom stereocenters. The molecule has 1 atom stereocenters. The zero-order valence-electron chi connectivity index (χ0n) is 5.18. The lowest BCUT2D eigenvalue weighted by Gasteiger charge is -2.07. The highest BCUT2D eigenvalue weighted by Gasteiger charge is 2.13. The zero-order valence-corrected chi connectivity index (χ0v) is 6.69. The van der Waals surface area contributed by atoms with Crippen molar-refractivity contribution in [2.24, 2.45) is 5.92 Å². The fourth-order valence-electron chi connectivity index (χ4n) is 0.763. The summed E-state index contributed by atoms with van der Waals surface area (Å²) in [6.07, 6.45) is 5.82. The van der Waals surface area contributed by atoms with Gasteiger partial charge >= 0.3 is 0 Å². The second-order valence-corrected chi connectivity index (χ2v) is 2.90. The average Bonchev–Trinajstić information content (AvgIpc) is 1.88. The fourth-order valence-corrected chi connectivity index (χ4v) is 1.09. The molecule has 1 aliphatic rings. The number of hydrogen-bond donors (Lipinski definition) is 0. The monoisotopic (exact) mass is 176 g/mol. The Bertz CT molecular complexity index is 206. The standard InChI is InChI=1S/C7H6Cl2O/c8-6-3-1-5(2-4-6)7(9)10/h1,3-5H,2H2. The third-order valence-corrected chi connectivity index (χ3v) is 1.91. The maximum atomic E-state index is 10.5. The Balaban J connectivity index is 2.60. The van der Waals surface area contributed by atoms with Crippen LogP contribution in [0.5, 0.6) is 0 Å². The molecule has 1 rings (SSSR count). The molecule has 0 heterocycles. The average molecular weight is 177 g/mol. The Morgan fingerprint density at radius 2 is 2.40 bits per heavy atom. The number of rotatable bonds is 1. The molecule has 0 radical (unpaired) electrons. The van der Waals surface area contributed by atoms with E-state index in [1.165, 1.54) is 0 Å². The number of allylic oxidation sites excluding steroid dienone is 4. The molecular weight excluding hydrogens is 171 g/mol. The molecule has 0 saturated heterocycles. The number of carbonyl (C=O) groups is 1. The van der Waals surface area contributed by atoms with Crippen molar-refractivity contribution in [1.29, 1.82) is 0 Å². The summed E-state index contributed by atoms with van der Waals surface area (Å²) in [4.78, 5) is 10.5. The maximum absolute atomic E-state index is 10.5. The highest BCUT2D eigenvalue weighted by atomic mass is 35.5. The summed E-state index contributed by atoms with van der Waals surface area (Å²) in [6.45, 7) is 0. The van der Waals surface area contributed by atoms with Gasteiger partial charge in [-0.1, -0.05) is 23.8 Å². The van der Waals surface area contributed by atoms with Gasteiger partial charge in [0.25, 0.3) is 0 Å². The minimum Gasteiger partial charge on any atom is -0.281 e. The second-order valence-electron chi connectivity index (χ2n) is 2.09. The van der Waals surface area contributed by atoms with E-state index in [2.05, 4.69) is 0 Å². The Morgan fingerprint density at radius 1 is 1.70 bits per heavy atom. The summed E-state index contributed by atoms with van der Waals surface area (Å²) in [5.41, 5.74) is 0. The van der Waals surface area contributed by atoms with Gasteiger partial charge in [0.15, 0.2) is 0 Å². The van der Waals surface area contributed by atoms with Crippen LogP contribution in [-0.2, 0) is 4.79 Å². The summed E-state index contributed by atoms with van der Waals surface area (Å²) in [6, 6.07) is 0. The van der Waals surface area contributed by atoms with Gasteiger partial charge in [-0.25, -0.2) is 0 Å². The molecule has 54 valence electrons. The van der Waals surface area contributed by atoms with Gasteiger partial charge in [0, 0.05) is 5.03 Å². The molecule has 0 fully saturated rings. The van der Waals surface area contributed by atoms with Gasteiger partial charge in [-0.3, -0.25) is 4.79 Å². The van der Waals surface area contributed by atoms with Crippen LogP contribution in [0.15, 0.2) is 23.3 Å². The van der Waals surface area contributed by atoms with Crippen molar-refractivity contribution >= 4 is 28.4 Å². The van der Waals surface area contributed by atoms with Crippen LogP contribution < -0.4 is 0 Å². The van der Waals surface area contributed by atoms with E-state index in [9.17, 15) is 4.79 Å². The molecule has 0 N–H and O–H groups in total. The topological polar surface area (TPSA) is 17.1 Å². The normalized spacial score (nSPS) is 24.2. The van der Waals surface area contributed by atoms with E-state index >= 15 is 0 Å². The number of halogens is 2. The maximum Gasteiger partial charge on any atom is 0.228 e. The quantitative estimate of drug-likeness (QED) is 0.562. The largest absolute Gasteiger partial charge is 0.281 e. The summed E-state index contributed by atoms with van der Waals surface area (Å²) >= 11 is 10.8. The van der Waals surface area contributed by atoms with E-state index < -0.39 is 0 Å². The van der Waals surface area contributed by atoms with E-state index in [0.29, 0.717) is 11.5 Å². The van der Waals surface area contributed by atoms with Crippen molar-refractivity contribution in [3.05, 3.63) is 23.3 Å². The molecule has 1 nitrogen and oxygen atoms in total. The van der Waals surface area contributed by atoms with Crippen molar-refractivity contribution in [1.82, 2.24) is 0 Å². The van der Waals surface area contributed by atoms with Gasteiger partial charge in [0.1, 0.15) is 0 Å². The van der Waals surface area contributed by atoms with E-state index in [0.717, 1.165) is 0 Å². The van der Waals surface area contributed by atoms with E-state index in [1.54, 1.807) is 18.2 Å². The third kappa shape index (κ3) is 1.86. The number of carbonyl (C=O) groups excluding carboxylic acids is 1. The van der Waals surface area contributed by atoms with Crippen LogP contribution in [0.3, 0.4) is 0 Å². The lowest BCUT2D eigenvalue weighted by Crippen LogP contribution is -2.06. The van der Waals surface area contributed by atoms with Gasteiger partial charge in [-0.2, -0.15) is 0 Å². The molecule has 0 saturated carbocycles. The highest BCUT2D eigenvalue weighted by molar-refractivity contribution is 6.64. The van der Waals surface area contributed by atoms with Gasteiger partial charge in [-0.15, -0.1) is 0 Å². The zero-order chi connectivity index (χ0) is 7.56. The third-order valence-electron chi connectivity index (χ3n) is 1.35. The van der Waals surface area contributed by atoms with Crippen molar-refractivity contribution in [3.8, 4) is 0 Å². The molecule has 1 aliphatic carbocycles. The van der Waals surface area contributed by atoms with Gasteiger partial charge in [0.05, 0.1) is 5.92 Å². The smallest absolute Gasteiger partial charge is 0.228 e. The van der Waals surface area contributed by atoms with Crippen LogP contribution in [0.4, 0.5) is 0 Å². The molecule has 3 heteroatoms. The molecule has 0 bridgehead atoms. The first-order valence-corrected chi connectivity index (χ1v) is 3.69. The molecule has 0 amide bonds. The van der Waals surface area contributed by atoms with Gasteiger partial charge in [0.2, 0.25) is 5.24 Å². The van der Waals surface area contributed by atoms with Crippen LogP contribution in [0.25, 0.3) is 0 Å². The summed E-state index contributed by atoms with van der Waals surface area (Å²) in [5, 5.41) is 0.353. The highest BCUT2D eigenvalue weighted by Crippen LogP contribution is 2.20. The van der Waals surface area contributed by atoms with Crippen molar-refractivity contribution < 1.29 is 4.79 Å². The van der Waals surface area contributed by atoms with E-state index in [1.807, 2.05) is 0 Å². The van der Waals surface area contributed by atoms with Crippen LogP contribution in [-0.4, -0.2) is 5.24 Å². The van der Waals surface area contributed by atoms with Crippen LogP contribution >= 0.6 is 23.2 Å². The summed E-state index contributed by atoms with van der Waals surface area (Å²) in [5.74, 6) is -0.177. The van der Waals surface area contributed by atoms with Gasteiger partial charge < -0.3 is 0 Å². The number of hydrogen-bond acceptors (Lipinski definition) is 1. The molecular formula is C7H6Cl2O. The molecule has 10 heavy (non-hydrogen) atoms. The Morgan fingerprint density at radius 3 is 2.80 bits per heavy atom. The lowest BCUT2D eigenvalue weighted by atomic mass is 10.0. The van der Waals surface area contributed by atoms with Crippen LogP contribution in [0.1, 0.15) is 6.42 Å². The Hall–Kier alpha value is -0.270. The van der Waals surface area contributed by atoms with E-state index in [4.69, 9.17) is 23.2 Å². The van der Waals surface area contributed by atoms with Crippen LogP contribution in [0, 0.1) is 5.92 Å². The molecule has 0 aliphatic heterocycles. The Labute approximate surface area is 69.3 Å². The first-order valence-electron chi connectivity index (χ1n) is 2.93. The lowest BCUT2D eigenvalue weighted by molar-refractivity contribution is -0.113. The second kappa shape index (κ2) is 3.22. The molecule has 0 aromatic heterocycles. The van der Waals surface area contributed by atoms with Crippen molar-refractivity contribution in [2.45, 2.75) is 6.42 Å². The molecule has 0 aromatic carbocycles. The minimum atomic E-state index is -0.323. The molecule has 0 spiro atoms. The molecule has 0 aromatic rings. The minimum absolute atomic E-state index is 0.177. The SMILES string of the molecule is O=C(Cl)C1C=CC(Cl)=CC1. The first-order chi connectivity index (χ1) is 4.70. The predicted octanol–water partition coefficient (Wildman–Crippen LogP) is 2.45. The van der Waals surface area contributed by atoms with Crippen molar-refractivity contribution in [3.63, 3.8) is 0 Å². The summed E-state index contributed by atoms with van der Waals surface area (Å²) in [7, 11) is 0. The van der Waals surface area contributed by atoms with Gasteiger partial charge in [-0.05, 0) is 24.1 Å². The van der Waals surface area contributed by atoms with E-state index in [-0.39, 0.29) is 11.2 Å². The predicted molar refractivity (Wildman–Crippen MR) is 42.0 cm³/mol. The van der Waals surface area contributed by atoms with Crippen LogP contribution in [0.2, 0.25) is 0 Å². The fraction of sp³-hybridized carbons (Fsp3) is 0.286. The van der Waals surface area contributed by atoms with Crippen molar-refractivity contribution in [2.75, 3.05) is 0 Å². The summed E-state index contributed by atoms with van der Waals surface area (Å²) < 4.78 is 0.